The van der Waals surface area contributed by atoms with Crippen molar-refractivity contribution in [1.82, 2.24) is 0 Å². The molecule has 0 spiro atoms. The summed E-state index contributed by atoms with van der Waals surface area (Å²) in [4.78, 5) is 1.35. The van der Waals surface area contributed by atoms with Crippen molar-refractivity contribution in [2.24, 2.45) is 5.73 Å². The van der Waals surface area contributed by atoms with E-state index in [0.717, 1.165) is 12.0 Å². The van der Waals surface area contributed by atoms with Gasteiger partial charge in [0.15, 0.2) is 0 Å². The van der Waals surface area contributed by atoms with Gasteiger partial charge in [0.2, 0.25) is 0 Å². The first-order chi connectivity index (χ1) is 9.16. The van der Waals surface area contributed by atoms with Crippen molar-refractivity contribution in [1.29, 1.82) is 0 Å². The summed E-state index contributed by atoms with van der Waals surface area (Å²) < 4.78 is 5.98. The van der Waals surface area contributed by atoms with E-state index in [0.29, 0.717) is 6.61 Å². The third kappa shape index (κ3) is 4.16. The maximum Gasteiger partial charge on any atom is 0.0973 e. The number of hydrogen-bond donors (Lipinski definition) is 1. The largest absolute Gasteiger partial charge is 0.372 e. The summed E-state index contributed by atoms with van der Waals surface area (Å²) in [5.74, 6) is 0. The van der Waals surface area contributed by atoms with E-state index < -0.39 is 0 Å². The summed E-state index contributed by atoms with van der Waals surface area (Å²) >= 11 is 1.77. The average molecular weight is 275 g/mol. The lowest BCUT2D eigenvalue weighted by Crippen LogP contribution is -2.27. The van der Waals surface area contributed by atoms with Gasteiger partial charge in [-0.1, -0.05) is 35.9 Å². The summed E-state index contributed by atoms with van der Waals surface area (Å²) in [5.41, 5.74) is 8.46. The number of nitrogens with two attached hydrogens (primary N) is 1. The Hall–Kier alpha value is -1.16. The second-order valence-electron chi connectivity index (χ2n) is 4.89. The van der Waals surface area contributed by atoms with Crippen molar-refractivity contribution < 1.29 is 4.74 Å². The Kier molecular flexibility index (Phi) is 5.14. The first-order valence-electron chi connectivity index (χ1n) is 6.63. The fourth-order valence-electron chi connectivity index (χ4n) is 2.05. The van der Waals surface area contributed by atoms with Gasteiger partial charge in [0, 0.05) is 17.3 Å². The van der Waals surface area contributed by atoms with Crippen LogP contribution in [0.15, 0.2) is 41.8 Å². The van der Waals surface area contributed by atoms with Gasteiger partial charge in [0.05, 0.1) is 12.7 Å². The van der Waals surface area contributed by atoms with E-state index in [4.69, 9.17) is 10.5 Å². The number of hydrogen-bond acceptors (Lipinski definition) is 3. The molecule has 0 saturated carbocycles. The van der Waals surface area contributed by atoms with E-state index in [9.17, 15) is 0 Å². The summed E-state index contributed by atoms with van der Waals surface area (Å²) in [6.45, 7) is 4.79. The third-order valence-electron chi connectivity index (χ3n) is 3.11. The van der Waals surface area contributed by atoms with Gasteiger partial charge >= 0.3 is 0 Å². The molecule has 3 heteroatoms. The molecular weight excluding hydrogens is 254 g/mol. The monoisotopic (exact) mass is 275 g/mol. The van der Waals surface area contributed by atoms with Crippen LogP contribution in [0.1, 0.15) is 29.0 Å². The molecule has 1 aromatic heterocycles. The zero-order chi connectivity index (χ0) is 13.7. The number of benzene rings is 1. The number of thiophene rings is 1. The molecule has 2 aromatic rings. The number of aryl methyl sites for hydroxylation is 1. The van der Waals surface area contributed by atoms with Crippen molar-refractivity contribution in [2.45, 2.75) is 32.4 Å². The molecule has 0 bridgehead atoms. The van der Waals surface area contributed by atoms with Crippen LogP contribution in [-0.4, -0.2) is 12.6 Å². The molecule has 2 atom stereocenters. The summed E-state index contributed by atoms with van der Waals surface area (Å²) in [6.07, 6.45) is 0.924. The second-order valence-corrected chi connectivity index (χ2v) is 5.92. The molecule has 0 saturated heterocycles. The Balaban J connectivity index is 1.94. The highest BCUT2D eigenvalue weighted by molar-refractivity contribution is 7.09. The Morgan fingerprint density at radius 3 is 2.53 bits per heavy atom. The van der Waals surface area contributed by atoms with Gasteiger partial charge in [-0.3, -0.25) is 0 Å². The molecule has 19 heavy (non-hydrogen) atoms. The molecule has 1 heterocycles. The minimum Gasteiger partial charge on any atom is -0.372 e. The Morgan fingerprint density at radius 2 is 1.95 bits per heavy atom. The van der Waals surface area contributed by atoms with E-state index >= 15 is 0 Å². The standard InChI is InChI=1S/C16H21NOS/c1-12-5-7-14(8-6-12)16(13(2)17)18-10-9-15-4-3-11-19-15/h3-8,11,13,16H,9-10,17H2,1-2H3. The molecule has 102 valence electrons. The normalized spacial score (nSPS) is 14.3. The number of ether oxygens (including phenoxy) is 1. The lowest BCUT2D eigenvalue weighted by molar-refractivity contribution is 0.0406. The molecule has 0 radical (unpaired) electrons. The minimum atomic E-state index is -0.0273. The van der Waals surface area contributed by atoms with E-state index in [1.165, 1.54) is 10.4 Å². The molecule has 2 N–H and O–H groups in total. The van der Waals surface area contributed by atoms with Crippen LogP contribution in [0.3, 0.4) is 0 Å². The van der Waals surface area contributed by atoms with Crippen LogP contribution in [0.2, 0.25) is 0 Å². The smallest absolute Gasteiger partial charge is 0.0973 e. The number of rotatable bonds is 6. The molecule has 0 aliphatic rings. The second kappa shape index (κ2) is 6.85. The highest BCUT2D eigenvalue weighted by Gasteiger charge is 2.16. The molecule has 2 unspecified atom stereocenters. The highest BCUT2D eigenvalue weighted by atomic mass is 32.1. The maximum absolute atomic E-state index is 6.04. The van der Waals surface area contributed by atoms with Gasteiger partial charge in [-0.2, -0.15) is 0 Å². The summed E-state index contributed by atoms with van der Waals surface area (Å²) in [6, 6.07) is 12.6. The van der Waals surface area contributed by atoms with E-state index in [1.54, 1.807) is 11.3 Å². The Morgan fingerprint density at radius 1 is 1.21 bits per heavy atom. The Labute approximate surface area is 119 Å². The molecule has 2 rings (SSSR count). The average Bonchev–Trinajstić information content (AvgIpc) is 2.89. The van der Waals surface area contributed by atoms with Gasteiger partial charge in [-0.15, -0.1) is 11.3 Å². The first kappa shape index (κ1) is 14.3. The zero-order valence-corrected chi connectivity index (χ0v) is 12.3. The molecular formula is C16H21NOS. The summed E-state index contributed by atoms with van der Waals surface area (Å²) in [7, 11) is 0. The first-order valence-corrected chi connectivity index (χ1v) is 7.51. The van der Waals surface area contributed by atoms with Crippen LogP contribution in [0.4, 0.5) is 0 Å². The van der Waals surface area contributed by atoms with Gasteiger partial charge in [0.25, 0.3) is 0 Å². The van der Waals surface area contributed by atoms with Crippen LogP contribution in [0, 0.1) is 6.92 Å². The van der Waals surface area contributed by atoms with Gasteiger partial charge in [-0.25, -0.2) is 0 Å². The molecule has 0 aliphatic carbocycles. The lowest BCUT2D eigenvalue weighted by atomic mass is 10.0. The molecule has 0 amide bonds. The fourth-order valence-corrected chi connectivity index (χ4v) is 2.74. The van der Waals surface area contributed by atoms with Crippen molar-refractivity contribution in [3.63, 3.8) is 0 Å². The van der Waals surface area contributed by atoms with Crippen molar-refractivity contribution in [3.8, 4) is 0 Å². The van der Waals surface area contributed by atoms with Crippen LogP contribution >= 0.6 is 11.3 Å². The van der Waals surface area contributed by atoms with Gasteiger partial charge in [-0.05, 0) is 30.9 Å². The van der Waals surface area contributed by atoms with Crippen LogP contribution in [0.25, 0.3) is 0 Å². The van der Waals surface area contributed by atoms with Crippen molar-refractivity contribution in [2.75, 3.05) is 6.61 Å². The quantitative estimate of drug-likeness (QED) is 0.872. The van der Waals surface area contributed by atoms with Crippen LogP contribution < -0.4 is 5.73 Å². The van der Waals surface area contributed by atoms with E-state index in [1.807, 2.05) is 6.92 Å². The molecule has 0 fully saturated rings. The van der Waals surface area contributed by atoms with E-state index in [2.05, 4.69) is 48.7 Å². The molecule has 1 aromatic carbocycles. The minimum absolute atomic E-state index is 0.00829. The summed E-state index contributed by atoms with van der Waals surface area (Å²) in [5, 5.41) is 2.10. The van der Waals surface area contributed by atoms with Gasteiger partial charge in [0.1, 0.15) is 0 Å². The predicted molar refractivity (Wildman–Crippen MR) is 81.5 cm³/mol. The Bertz CT molecular complexity index is 476. The lowest BCUT2D eigenvalue weighted by Gasteiger charge is -2.22. The van der Waals surface area contributed by atoms with Crippen molar-refractivity contribution >= 4 is 11.3 Å². The van der Waals surface area contributed by atoms with Crippen molar-refractivity contribution in [3.05, 3.63) is 57.8 Å². The highest BCUT2D eigenvalue weighted by Crippen LogP contribution is 2.21. The van der Waals surface area contributed by atoms with Gasteiger partial charge < -0.3 is 10.5 Å². The van der Waals surface area contributed by atoms with Crippen LogP contribution in [-0.2, 0) is 11.2 Å². The zero-order valence-electron chi connectivity index (χ0n) is 11.5. The molecule has 0 aliphatic heterocycles. The van der Waals surface area contributed by atoms with E-state index in [-0.39, 0.29) is 12.1 Å². The fraction of sp³-hybridized carbons (Fsp3) is 0.375. The third-order valence-corrected chi connectivity index (χ3v) is 4.05. The molecule has 2 nitrogen and oxygen atoms in total. The predicted octanol–water partition coefficient (Wildman–Crippen LogP) is 3.70. The maximum atomic E-state index is 6.04. The van der Waals surface area contributed by atoms with Crippen LogP contribution in [0.5, 0.6) is 0 Å². The SMILES string of the molecule is Cc1ccc(C(OCCc2cccs2)C(C)N)cc1. The topological polar surface area (TPSA) is 35.2 Å².